The third-order valence-electron chi connectivity index (χ3n) is 3.52. The van der Waals surface area contributed by atoms with Gasteiger partial charge in [-0.3, -0.25) is 0 Å². The maximum atomic E-state index is 11.9. The molecule has 4 nitrogen and oxygen atoms in total. The fraction of sp³-hybridized carbons (Fsp3) is 1.00. The van der Waals surface area contributed by atoms with Crippen LogP contribution in [-0.4, -0.2) is 44.7 Å². The molecule has 5 heteroatoms. The van der Waals surface area contributed by atoms with Crippen molar-refractivity contribution >= 4 is 10.0 Å². The second-order valence-corrected chi connectivity index (χ2v) is 6.73. The second-order valence-electron chi connectivity index (χ2n) is 4.64. The van der Waals surface area contributed by atoms with Gasteiger partial charge in [0.2, 0.25) is 10.0 Å². The van der Waals surface area contributed by atoms with E-state index in [9.17, 15) is 8.42 Å². The van der Waals surface area contributed by atoms with E-state index >= 15 is 0 Å². The topological polar surface area (TPSA) is 49.4 Å². The van der Waals surface area contributed by atoms with Crippen LogP contribution in [-0.2, 0) is 10.0 Å². The maximum Gasteiger partial charge on any atom is 0.214 e. The van der Waals surface area contributed by atoms with Crippen molar-refractivity contribution in [1.29, 1.82) is 0 Å². The lowest BCUT2D eigenvalue weighted by Gasteiger charge is -2.33. The number of nitrogens with one attached hydrogen (secondary N) is 1. The van der Waals surface area contributed by atoms with Crippen LogP contribution in [0.15, 0.2) is 0 Å². The molecule has 2 aliphatic rings. The molecule has 88 valence electrons. The highest BCUT2D eigenvalue weighted by atomic mass is 32.2. The summed E-state index contributed by atoms with van der Waals surface area (Å²) in [7, 11) is -2.97. The molecule has 0 amide bonds. The summed E-state index contributed by atoms with van der Waals surface area (Å²) in [4.78, 5) is 0. The smallest absolute Gasteiger partial charge is 0.214 e. The van der Waals surface area contributed by atoms with Gasteiger partial charge < -0.3 is 5.32 Å². The zero-order valence-electron chi connectivity index (χ0n) is 9.28. The van der Waals surface area contributed by atoms with Crippen molar-refractivity contribution in [3.05, 3.63) is 0 Å². The summed E-state index contributed by atoms with van der Waals surface area (Å²) in [6, 6.07) is 0. The van der Waals surface area contributed by atoms with Gasteiger partial charge in [-0.2, -0.15) is 0 Å². The van der Waals surface area contributed by atoms with Crippen LogP contribution < -0.4 is 5.32 Å². The van der Waals surface area contributed by atoms with Crippen molar-refractivity contribution in [2.75, 3.05) is 31.9 Å². The zero-order valence-corrected chi connectivity index (χ0v) is 10.1. The van der Waals surface area contributed by atoms with Crippen LogP contribution in [0.25, 0.3) is 0 Å². The van der Waals surface area contributed by atoms with Gasteiger partial charge in [0.1, 0.15) is 0 Å². The fourth-order valence-corrected chi connectivity index (χ4v) is 4.22. The summed E-state index contributed by atoms with van der Waals surface area (Å²) in [6.45, 7) is 5.45. The number of hydrogen-bond acceptors (Lipinski definition) is 3. The molecule has 0 radical (unpaired) electrons. The first-order valence-corrected chi connectivity index (χ1v) is 7.43. The highest BCUT2D eigenvalue weighted by molar-refractivity contribution is 7.89. The molecule has 2 heterocycles. The Hall–Kier alpha value is -0.130. The molecule has 0 saturated carbocycles. The average molecular weight is 232 g/mol. The third kappa shape index (κ3) is 2.34. The Kier molecular flexibility index (Phi) is 3.33. The molecule has 2 unspecified atom stereocenters. The molecular formula is C10H20N2O2S. The third-order valence-corrected chi connectivity index (χ3v) is 5.57. The monoisotopic (exact) mass is 232 g/mol. The number of rotatable bonds is 3. The second kappa shape index (κ2) is 4.39. The van der Waals surface area contributed by atoms with E-state index in [2.05, 4.69) is 5.32 Å². The summed E-state index contributed by atoms with van der Waals surface area (Å²) in [5.41, 5.74) is 0. The van der Waals surface area contributed by atoms with Crippen LogP contribution in [0.2, 0.25) is 0 Å². The predicted octanol–water partition coefficient (Wildman–Crippen LogP) is 0.268. The van der Waals surface area contributed by atoms with E-state index in [1.54, 1.807) is 4.31 Å². The first-order chi connectivity index (χ1) is 7.13. The van der Waals surface area contributed by atoms with Gasteiger partial charge in [-0.05, 0) is 37.8 Å². The molecule has 2 rings (SSSR count). The quantitative estimate of drug-likeness (QED) is 0.760. The predicted molar refractivity (Wildman–Crippen MR) is 60.1 cm³/mol. The number of sulfonamides is 1. The van der Waals surface area contributed by atoms with E-state index in [0.29, 0.717) is 24.0 Å². The van der Waals surface area contributed by atoms with E-state index in [0.717, 1.165) is 32.6 Å². The van der Waals surface area contributed by atoms with Crippen LogP contribution in [0.4, 0.5) is 0 Å². The molecule has 2 atom stereocenters. The highest BCUT2D eigenvalue weighted by Crippen LogP contribution is 2.28. The Morgan fingerprint density at radius 2 is 2.07 bits per heavy atom. The van der Waals surface area contributed by atoms with Gasteiger partial charge >= 0.3 is 0 Å². The summed E-state index contributed by atoms with van der Waals surface area (Å²) >= 11 is 0. The van der Waals surface area contributed by atoms with E-state index in [4.69, 9.17) is 0 Å². The van der Waals surface area contributed by atoms with Gasteiger partial charge in [-0.1, -0.05) is 6.92 Å². The van der Waals surface area contributed by atoms with Gasteiger partial charge in [-0.15, -0.1) is 0 Å². The molecule has 15 heavy (non-hydrogen) atoms. The SMILES string of the molecule is CCCS(=O)(=O)N1CCC2CNCC2C1. The molecule has 2 saturated heterocycles. The first-order valence-electron chi connectivity index (χ1n) is 5.82. The van der Waals surface area contributed by atoms with Crippen LogP contribution in [0.3, 0.4) is 0 Å². The Morgan fingerprint density at radius 3 is 2.80 bits per heavy atom. The number of piperidine rings is 1. The molecule has 0 aromatic carbocycles. The molecule has 0 bridgehead atoms. The number of fused-ring (bicyclic) bond motifs is 1. The van der Waals surface area contributed by atoms with Gasteiger partial charge in [0.05, 0.1) is 5.75 Å². The molecule has 0 aromatic rings. The normalized spacial score (nSPS) is 32.9. The van der Waals surface area contributed by atoms with Crippen LogP contribution >= 0.6 is 0 Å². The van der Waals surface area contributed by atoms with Crippen molar-refractivity contribution < 1.29 is 8.42 Å². The minimum Gasteiger partial charge on any atom is -0.316 e. The minimum atomic E-state index is -2.97. The Morgan fingerprint density at radius 1 is 1.33 bits per heavy atom. The molecule has 0 aliphatic carbocycles. The van der Waals surface area contributed by atoms with Crippen molar-refractivity contribution in [3.63, 3.8) is 0 Å². The molecule has 2 fully saturated rings. The lowest BCUT2D eigenvalue weighted by molar-refractivity contribution is 0.228. The van der Waals surface area contributed by atoms with Crippen molar-refractivity contribution in [3.8, 4) is 0 Å². The largest absolute Gasteiger partial charge is 0.316 e. The standard InChI is InChI=1S/C10H20N2O2S/c1-2-5-15(13,14)12-4-3-9-6-11-7-10(9)8-12/h9-11H,2-8H2,1H3. The van der Waals surface area contributed by atoms with Crippen molar-refractivity contribution in [1.82, 2.24) is 9.62 Å². The molecule has 1 N–H and O–H groups in total. The average Bonchev–Trinajstić information content (AvgIpc) is 2.63. The van der Waals surface area contributed by atoms with Crippen LogP contribution in [0.5, 0.6) is 0 Å². The van der Waals surface area contributed by atoms with Gasteiger partial charge in [0.25, 0.3) is 0 Å². The maximum absolute atomic E-state index is 11.9. The Labute approximate surface area is 92.1 Å². The van der Waals surface area contributed by atoms with E-state index < -0.39 is 10.0 Å². The summed E-state index contributed by atoms with van der Waals surface area (Å²) in [5, 5.41) is 3.35. The van der Waals surface area contributed by atoms with Crippen molar-refractivity contribution in [2.24, 2.45) is 11.8 Å². The van der Waals surface area contributed by atoms with Crippen LogP contribution in [0.1, 0.15) is 19.8 Å². The molecule has 0 aromatic heterocycles. The summed E-state index contributed by atoms with van der Waals surface area (Å²) in [5.74, 6) is 1.56. The van der Waals surface area contributed by atoms with Gasteiger partial charge in [0, 0.05) is 13.1 Å². The minimum absolute atomic E-state index is 0.303. The highest BCUT2D eigenvalue weighted by Gasteiger charge is 2.36. The lowest BCUT2D eigenvalue weighted by Crippen LogP contribution is -2.44. The molecular weight excluding hydrogens is 212 g/mol. The van der Waals surface area contributed by atoms with E-state index in [1.807, 2.05) is 6.92 Å². The fourth-order valence-electron chi connectivity index (χ4n) is 2.64. The van der Waals surface area contributed by atoms with Crippen molar-refractivity contribution in [2.45, 2.75) is 19.8 Å². The zero-order chi connectivity index (χ0) is 10.9. The molecule has 2 aliphatic heterocycles. The Bertz CT molecular complexity index is 315. The number of nitrogens with zero attached hydrogens (tertiary/aromatic N) is 1. The van der Waals surface area contributed by atoms with E-state index in [1.165, 1.54) is 0 Å². The Balaban J connectivity index is 2.00. The lowest BCUT2D eigenvalue weighted by atomic mass is 9.90. The first kappa shape index (κ1) is 11.4. The van der Waals surface area contributed by atoms with Crippen LogP contribution in [0, 0.1) is 11.8 Å². The number of hydrogen-bond donors (Lipinski definition) is 1. The van der Waals surface area contributed by atoms with Gasteiger partial charge in [-0.25, -0.2) is 12.7 Å². The van der Waals surface area contributed by atoms with E-state index in [-0.39, 0.29) is 0 Å². The van der Waals surface area contributed by atoms with Gasteiger partial charge in [0.15, 0.2) is 0 Å². The summed E-state index contributed by atoms with van der Waals surface area (Å²) < 4.78 is 25.5. The summed E-state index contributed by atoms with van der Waals surface area (Å²) in [6.07, 6.45) is 1.74. The molecule has 0 spiro atoms.